The first-order valence-corrected chi connectivity index (χ1v) is 7.44. The largest absolute Gasteiger partial charge is 0.481 e. The predicted molar refractivity (Wildman–Crippen MR) is 71.4 cm³/mol. The number of carboxylic acid groups (broad SMARTS) is 1. The van der Waals surface area contributed by atoms with Gasteiger partial charge in [-0.15, -0.1) is 11.3 Å². The van der Waals surface area contributed by atoms with Gasteiger partial charge in [0.15, 0.2) is 5.13 Å². The van der Waals surface area contributed by atoms with E-state index in [-0.39, 0.29) is 5.92 Å². The summed E-state index contributed by atoms with van der Waals surface area (Å²) in [5.74, 6) is -0.377. The molecule has 1 saturated heterocycles. The van der Waals surface area contributed by atoms with Crippen molar-refractivity contribution in [3.05, 3.63) is 10.6 Å². The minimum Gasteiger partial charge on any atom is -0.481 e. The number of rotatable bonds is 2. The van der Waals surface area contributed by atoms with Gasteiger partial charge in [-0.3, -0.25) is 4.79 Å². The van der Waals surface area contributed by atoms with Crippen molar-refractivity contribution in [2.75, 3.05) is 18.0 Å². The quantitative estimate of drug-likeness (QED) is 0.893. The van der Waals surface area contributed by atoms with Crippen LogP contribution in [0.25, 0.3) is 0 Å². The molecule has 2 aliphatic rings. The molecule has 0 spiro atoms. The zero-order chi connectivity index (χ0) is 12.7. The lowest BCUT2D eigenvalue weighted by Crippen LogP contribution is -2.34. The number of hydrogen-bond acceptors (Lipinski definition) is 4. The van der Waals surface area contributed by atoms with Crippen molar-refractivity contribution in [3.8, 4) is 0 Å². The Morgan fingerprint density at radius 2 is 2.33 bits per heavy atom. The summed E-state index contributed by atoms with van der Waals surface area (Å²) in [6, 6.07) is 0. The average Bonchev–Trinajstić information content (AvgIpc) is 2.87. The zero-order valence-electron chi connectivity index (χ0n) is 10.6. The number of carbonyl (C=O) groups is 1. The first-order chi connectivity index (χ1) is 8.65. The Morgan fingerprint density at radius 1 is 1.50 bits per heavy atom. The molecule has 1 fully saturated rings. The monoisotopic (exact) mass is 266 g/mol. The third-order valence-electron chi connectivity index (χ3n) is 3.93. The van der Waals surface area contributed by atoms with Gasteiger partial charge in [0.25, 0.3) is 0 Å². The summed E-state index contributed by atoms with van der Waals surface area (Å²) in [5, 5.41) is 10.2. The van der Waals surface area contributed by atoms with Crippen LogP contribution in [0, 0.1) is 5.92 Å². The maximum atomic E-state index is 11.2. The lowest BCUT2D eigenvalue weighted by atomic mass is 10.0. The van der Waals surface area contributed by atoms with Gasteiger partial charge in [-0.2, -0.15) is 0 Å². The van der Waals surface area contributed by atoms with Crippen LogP contribution in [0.5, 0.6) is 0 Å². The Hall–Kier alpha value is -1.10. The maximum Gasteiger partial charge on any atom is 0.312 e. The lowest BCUT2D eigenvalue weighted by molar-refractivity contribution is -0.138. The molecule has 0 radical (unpaired) electrons. The number of fused-ring (bicyclic) bond motifs is 1. The molecule has 98 valence electrons. The number of carboxylic acids is 1. The second kappa shape index (κ2) is 4.53. The van der Waals surface area contributed by atoms with Gasteiger partial charge in [0.05, 0.1) is 5.69 Å². The fourth-order valence-corrected chi connectivity index (χ4v) is 4.12. The molecule has 0 saturated carbocycles. The van der Waals surface area contributed by atoms with E-state index in [0.29, 0.717) is 5.92 Å². The van der Waals surface area contributed by atoms with E-state index in [0.717, 1.165) is 36.8 Å². The molecule has 5 heteroatoms. The first-order valence-electron chi connectivity index (χ1n) is 6.62. The summed E-state index contributed by atoms with van der Waals surface area (Å²) in [5.41, 5.74) is 0.834. The second-order valence-electron chi connectivity index (χ2n) is 5.43. The van der Waals surface area contributed by atoms with Gasteiger partial charge in [-0.05, 0) is 31.6 Å². The van der Waals surface area contributed by atoms with Crippen molar-refractivity contribution >= 4 is 22.4 Å². The van der Waals surface area contributed by atoms with Crippen LogP contribution in [0.1, 0.15) is 42.7 Å². The van der Waals surface area contributed by atoms with E-state index in [1.165, 1.54) is 17.7 Å². The van der Waals surface area contributed by atoms with Crippen molar-refractivity contribution in [3.63, 3.8) is 0 Å². The summed E-state index contributed by atoms with van der Waals surface area (Å²) < 4.78 is 0. The molecule has 0 amide bonds. The predicted octanol–water partition coefficient (Wildman–Crippen LogP) is 2.49. The number of aliphatic carboxylic acids is 1. The Morgan fingerprint density at radius 3 is 3.06 bits per heavy atom. The van der Waals surface area contributed by atoms with E-state index in [1.54, 1.807) is 11.3 Å². The summed E-state index contributed by atoms with van der Waals surface area (Å²) in [6.45, 7) is 4.39. The molecule has 1 N–H and O–H groups in total. The van der Waals surface area contributed by atoms with Gasteiger partial charge >= 0.3 is 5.97 Å². The fraction of sp³-hybridized carbons (Fsp3) is 0.692. The molecular formula is C13H18N2O2S. The number of aromatic nitrogens is 1. The first kappa shape index (κ1) is 12.0. The second-order valence-corrected chi connectivity index (χ2v) is 6.49. The highest BCUT2D eigenvalue weighted by atomic mass is 32.1. The molecule has 1 aromatic rings. The Bertz CT molecular complexity index is 472. The number of anilines is 1. The highest BCUT2D eigenvalue weighted by Gasteiger charge is 2.33. The Labute approximate surface area is 111 Å². The molecule has 2 atom stereocenters. The maximum absolute atomic E-state index is 11.2. The van der Waals surface area contributed by atoms with Crippen molar-refractivity contribution in [2.24, 2.45) is 5.92 Å². The van der Waals surface area contributed by atoms with Gasteiger partial charge in [-0.1, -0.05) is 6.92 Å². The Balaban J connectivity index is 1.83. The normalized spacial score (nSPS) is 27.3. The van der Waals surface area contributed by atoms with Gasteiger partial charge in [0, 0.05) is 18.0 Å². The molecule has 2 heterocycles. The highest BCUT2D eigenvalue weighted by molar-refractivity contribution is 7.15. The number of piperidine rings is 1. The average molecular weight is 266 g/mol. The number of thiazole rings is 1. The van der Waals surface area contributed by atoms with Crippen molar-refractivity contribution < 1.29 is 9.90 Å². The molecule has 2 unspecified atom stereocenters. The van der Waals surface area contributed by atoms with Crippen LogP contribution in [0.15, 0.2) is 0 Å². The topological polar surface area (TPSA) is 53.4 Å². The van der Waals surface area contributed by atoms with Crippen LogP contribution in [0.2, 0.25) is 0 Å². The Kier molecular flexibility index (Phi) is 3.01. The van der Waals surface area contributed by atoms with Crippen LogP contribution >= 0.6 is 11.3 Å². The number of aryl methyl sites for hydroxylation is 1. The third-order valence-corrected chi connectivity index (χ3v) is 5.12. The van der Waals surface area contributed by atoms with E-state index >= 15 is 0 Å². The minimum atomic E-state index is -0.724. The standard InChI is InChI=1S/C13H18N2O2S/c1-8-3-2-6-15(7-8)13-14-11-9(12(16)17)4-5-10(11)18-13/h8-9H,2-7H2,1H3,(H,16,17). The SMILES string of the molecule is CC1CCCN(c2nc3c(s2)CCC3C(=O)O)C1. The van der Waals surface area contributed by atoms with Crippen LogP contribution in [-0.2, 0) is 11.2 Å². The van der Waals surface area contributed by atoms with Crippen molar-refractivity contribution in [2.45, 2.75) is 38.5 Å². The van der Waals surface area contributed by atoms with Gasteiger partial charge < -0.3 is 10.0 Å². The summed E-state index contributed by atoms with van der Waals surface area (Å²) in [7, 11) is 0. The smallest absolute Gasteiger partial charge is 0.312 e. The van der Waals surface area contributed by atoms with E-state index in [2.05, 4.69) is 16.8 Å². The summed E-state index contributed by atoms with van der Waals surface area (Å²) in [6.07, 6.45) is 4.11. The molecular weight excluding hydrogens is 248 g/mol. The van der Waals surface area contributed by atoms with Gasteiger partial charge in [0.1, 0.15) is 5.92 Å². The highest BCUT2D eigenvalue weighted by Crippen LogP contribution is 2.40. The summed E-state index contributed by atoms with van der Waals surface area (Å²) in [4.78, 5) is 19.3. The van der Waals surface area contributed by atoms with E-state index in [9.17, 15) is 9.90 Å². The van der Waals surface area contributed by atoms with Gasteiger partial charge in [0.2, 0.25) is 0 Å². The van der Waals surface area contributed by atoms with Crippen molar-refractivity contribution in [1.29, 1.82) is 0 Å². The number of hydrogen-bond donors (Lipinski definition) is 1. The molecule has 1 aliphatic heterocycles. The molecule has 0 bridgehead atoms. The lowest BCUT2D eigenvalue weighted by Gasteiger charge is -2.30. The molecule has 4 nitrogen and oxygen atoms in total. The molecule has 1 aromatic heterocycles. The molecule has 0 aromatic carbocycles. The zero-order valence-corrected chi connectivity index (χ0v) is 11.4. The fourth-order valence-electron chi connectivity index (χ4n) is 2.95. The molecule has 3 rings (SSSR count). The van der Waals surface area contributed by atoms with Crippen LogP contribution in [-0.4, -0.2) is 29.1 Å². The molecule has 18 heavy (non-hydrogen) atoms. The van der Waals surface area contributed by atoms with Crippen LogP contribution in [0.4, 0.5) is 5.13 Å². The summed E-state index contributed by atoms with van der Waals surface area (Å²) >= 11 is 1.70. The van der Waals surface area contributed by atoms with Gasteiger partial charge in [-0.25, -0.2) is 4.98 Å². The van der Waals surface area contributed by atoms with Crippen LogP contribution in [0.3, 0.4) is 0 Å². The van der Waals surface area contributed by atoms with E-state index in [4.69, 9.17) is 0 Å². The van der Waals surface area contributed by atoms with E-state index < -0.39 is 5.97 Å². The van der Waals surface area contributed by atoms with Crippen LogP contribution < -0.4 is 4.90 Å². The van der Waals surface area contributed by atoms with Crippen molar-refractivity contribution in [1.82, 2.24) is 4.98 Å². The third kappa shape index (κ3) is 2.00. The minimum absolute atomic E-state index is 0.368. The number of nitrogens with zero attached hydrogens (tertiary/aromatic N) is 2. The van der Waals surface area contributed by atoms with E-state index in [1.807, 2.05) is 0 Å². The molecule has 1 aliphatic carbocycles.